The van der Waals surface area contributed by atoms with Crippen molar-refractivity contribution in [2.45, 2.75) is 83.9 Å². The molecule has 220 valence electrons. The van der Waals surface area contributed by atoms with Crippen LogP contribution in [0.5, 0.6) is 5.88 Å². The Morgan fingerprint density at radius 2 is 1.80 bits per heavy atom. The second-order valence-corrected chi connectivity index (χ2v) is 18.5. The Balaban J connectivity index is 1.43. The summed E-state index contributed by atoms with van der Waals surface area (Å²) in [5.41, 5.74) is 1.66. The van der Waals surface area contributed by atoms with Crippen molar-refractivity contribution in [3.8, 4) is 17.1 Å². The minimum atomic E-state index is -1.25. The standard InChI is InChI=1S/C29H44ClN5O4Si/c1-20-6-8-22(9-7-20)32-28(36)21-10-12-34(13-11-21)29(37)25-17-26(23-16-27(38-2)31-18-24(23)30)35(33-25)19-39-14-15-40(3,4)5/h16-18,20-22H,6-15,19H2,1-5H3,(H,32,36). The largest absolute Gasteiger partial charge is 0.481 e. The van der Waals surface area contributed by atoms with Crippen LogP contribution in [0.1, 0.15) is 55.9 Å². The molecule has 2 fully saturated rings. The number of rotatable bonds is 10. The molecule has 40 heavy (non-hydrogen) atoms. The van der Waals surface area contributed by atoms with Crippen LogP contribution in [0.25, 0.3) is 11.3 Å². The fourth-order valence-corrected chi connectivity index (χ4v) is 6.28. The maximum Gasteiger partial charge on any atom is 0.274 e. The van der Waals surface area contributed by atoms with Crippen molar-refractivity contribution < 1.29 is 19.1 Å². The SMILES string of the molecule is COc1cc(-c2cc(C(=O)N3CCC(C(=O)NC4CCC(C)CC4)CC3)nn2COCC[Si](C)(C)C)c(Cl)cn1. The van der Waals surface area contributed by atoms with Crippen molar-refractivity contribution in [3.63, 3.8) is 0 Å². The first-order valence-electron chi connectivity index (χ1n) is 14.5. The fourth-order valence-electron chi connectivity index (χ4n) is 5.32. The molecule has 0 aromatic carbocycles. The quantitative estimate of drug-likeness (QED) is 0.292. The van der Waals surface area contributed by atoms with E-state index in [1.807, 2.05) is 0 Å². The van der Waals surface area contributed by atoms with Gasteiger partial charge in [0, 0.05) is 51.4 Å². The molecule has 1 saturated heterocycles. The van der Waals surface area contributed by atoms with Crippen molar-refractivity contribution in [2.75, 3.05) is 26.8 Å². The number of amides is 2. The van der Waals surface area contributed by atoms with Gasteiger partial charge < -0.3 is 19.7 Å². The number of halogens is 1. The Labute approximate surface area is 244 Å². The van der Waals surface area contributed by atoms with Crippen molar-refractivity contribution >= 4 is 31.5 Å². The zero-order valence-corrected chi connectivity index (χ0v) is 26.3. The Morgan fingerprint density at radius 1 is 1.10 bits per heavy atom. The molecule has 9 nitrogen and oxygen atoms in total. The van der Waals surface area contributed by atoms with Gasteiger partial charge in [0.2, 0.25) is 11.8 Å². The molecule has 0 radical (unpaired) electrons. The molecule has 2 aromatic heterocycles. The molecule has 3 heterocycles. The topological polar surface area (TPSA) is 98.6 Å². The minimum Gasteiger partial charge on any atom is -0.481 e. The van der Waals surface area contributed by atoms with Crippen LogP contribution in [0.3, 0.4) is 0 Å². The van der Waals surface area contributed by atoms with Gasteiger partial charge in [0.25, 0.3) is 5.91 Å². The summed E-state index contributed by atoms with van der Waals surface area (Å²) in [6.45, 7) is 11.1. The number of ether oxygens (including phenoxy) is 2. The Hall–Kier alpha value is -2.43. The van der Waals surface area contributed by atoms with Crippen molar-refractivity contribution in [3.05, 3.63) is 29.0 Å². The lowest BCUT2D eigenvalue weighted by Crippen LogP contribution is -2.46. The van der Waals surface area contributed by atoms with E-state index in [1.54, 1.807) is 28.8 Å². The molecule has 0 spiro atoms. The summed E-state index contributed by atoms with van der Waals surface area (Å²) in [7, 11) is 0.298. The van der Waals surface area contributed by atoms with E-state index < -0.39 is 8.07 Å². The molecule has 1 aliphatic carbocycles. The summed E-state index contributed by atoms with van der Waals surface area (Å²) >= 11 is 6.51. The highest BCUT2D eigenvalue weighted by Gasteiger charge is 2.31. The van der Waals surface area contributed by atoms with E-state index in [-0.39, 0.29) is 30.5 Å². The van der Waals surface area contributed by atoms with E-state index in [2.05, 4.69) is 42.0 Å². The smallest absolute Gasteiger partial charge is 0.274 e. The number of likely N-dealkylation sites (tertiary alicyclic amines) is 1. The number of hydrogen-bond acceptors (Lipinski definition) is 6. The molecule has 2 aliphatic rings. The van der Waals surface area contributed by atoms with Crippen LogP contribution in [-0.2, 0) is 16.3 Å². The van der Waals surface area contributed by atoms with Crippen molar-refractivity contribution in [1.29, 1.82) is 0 Å². The van der Waals surface area contributed by atoms with Gasteiger partial charge in [-0.15, -0.1) is 0 Å². The average Bonchev–Trinajstić information content (AvgIpc) is 3.35. The lowest BCUT2D eigenvalue weighted by molar-refractivity contribution is -0.127. The van der Waals surface area contributed by atoms with Crippen LogP contribution in [0.2, 0.25) is 30.7 Å². The third-order valence-electron chi connectivity index (χ3n) is 8.04. The Morgan fingerprint density at radius 3 is 2.45 bits per heavy atom. The maximum atomic E-state index is 13.5. The number of nitrogens with zero attached hydrogens (tertiary/aromatic N) is 4. The predicted molar refractivity (Wildman–Crippen MR) is 159 cm³/mol. The zero-order valence-electron chi connectivity index (χ0n) is 24.5. The first-order valence-corrected chi connectivity index (χ1v) is 18.6. The molecule has 2 aromatic rings. The number of piperidine rings is 1. The van der Waals surface area contributed by atoms with Crippen molar-refractivity contribution in [2.24, 2.45) is 11.8 Å². The van der Waals surface area contributed by atoms with Gasteiger partial charge in [-0.05, 0) is 56.6 Å². The molecular weight excluding hydrogens is 546 g/mol. The van der Waals surface area contributed by atoms with E-state index in [0.29, 0.717) is 60.4 Å². The summed E-state index contributed by atoms with van der Waals surface area (Å²) < 4.78 is 13.0. The summed E-state index contributed by atoms with van der Waals surface area (Å²) in [6, 6.07) is 4.82. The molecule has 1 aliphatic heterocycles. The maximum absolute atomic E-state index is 13.5. The summed E-state index contributed by atoms with van der Waals surface area (Å²) in [5, 5.41) is 8.34. The van der Waals surface area contributed by atoms with Gasteiger partial charge in [-0.1, -0.05) is 38.2 Å². The van der Waals surface area contributed by atoms with Gasteiger partial charge >= 0.3 is 0 Å². The molecule has 2 amide bonds. The summed E-state index contributed by atoms with van der Waals surface area (Å²) in [5.74, 6) is 1.09. The van der Waals surface area contributed by atoms with Crippen LogP contribution in [0.15, 0.2) is 18.3 Å². The van der Waals surface area contributed by atoms with Gasteiger partial charge in [0.05, 0.1) is 24.0 Å². The highest BCUT2D eigenvalue weighted by molar-refractivity contribution is 6.76. The zero-order chi connectivity index (χ0) is 28.9. The lowest BCUT2D eigenvalue weighted by Gasteiger charge is -2.33. The Kier molecular flexibility index (Phi) is 10.3. The molecule has 0 bridgehead atoms. The minimum absolute atomic E-state index is 0.0561. The molecule has 1 saturated carbocycles. The number of carbonyl (C=O) groups excluding carboxylic acids is 2. The van der Waals surface area contributed by atoms with Gasteiger partial charge in [-0.3, -0.25) is 9.59 Å². The number of aromatic nitrogens is 3. The van der Waals surface area contributed by atoms with Crippen LogP contribution < -0.4 is 10.1 Å². The third-order valence-corrected chi connectivity index (χ3v) is 10.0. The number of pyridine rings is 1. The van der Waals surface area contributed by atoms with E-state index in [0.717, 1.165) is 24.8 Å². The summed E-state index contributed by atoms with van der Waals surface area (Å²) in [6.07, 6.45) is 7.31. The average molecular weight is 590 g/mol. The van der Waals surface area contributed by atoms with Crippen molar-refractivity contribution in [1.82, 2.24) is 25.0 Å². The van der Waals surface area contributed by atoms with E-state index >= 15 is 0 Å². The highest BCUT2D eigenvalue weighted by atomic mass is 35.5. The predicted octanol–water partition coefficient (Wildman–Crippen LogP) is 5.47. The van der Waals surface area contributed by atoms with Crippen LogP contribution in [-0.4, -0.2) is 72.4 Å². The van der Waals surface area contributed by atoms with Gasteiger partial charge in [-0.25, -0.2) is 9.67 Å². The van der Waals surface area contributed by atoms with E-state index in [9.17, 15) is 9.59 Å². The van der Waals surface area contributed by atoms with Gasteiger partial charge in [0.15, 0.2) is 5.69 Å². The molecule has 0 unspecified atom stereocenters. The molecule has 0 atom stereocenters. The van der Waals surface area contributed by atoms with Gasteiger partial charge in [-0.2, -0.15) is 5.10 Å². The first-order chi connectivity index (χ1) is 19.0. The second-order valence-electron chi connectivity index (χ2n) is 12.5. The van der Waals surface area contributed by atoms with E-state index in [4.69, 9.17) is 21.1 Å². The van der Waals surface area contributed by atoms with Gasteiger partial charge in [0.1, 0.15) is 6.73 Å². The monoisotopic (exact) mass is 589 g/mol. The lowest BCUT2D eigenvalue weighted by atomic mass is 9.86. The van der Waals surface area contributed by atoms with E-state index in [1.165, 1.54) is 19.0 Å². The molecular formula is C29H44ClN5O4Si. The highest BCUT2D eigenvalue weighted by Crippen LogP contribution is 2.31. The molecule has 4 rings (SSSR count). The Bertz CT molecular complexity index is 1170. The fraction of sp³-hybridized carbons (Fsp3) is 0.655. The normalized spacial score (nSPS) is 20.4. The van der Waals surface area contributed by atoms with Crippen LogP contribution >= 0.6 is 11.6 Å². The number of nitrogens with one attached hydrogen (secondary N) is 1. The van der Waals surface area contributed by atoms with Crippen LogP contribution in [0.4, 0.5) is 0 Å². The first kappa shape index (κ1) is 30.5. The number of carbonyl (C=O) groups is 2. The second kappa shape index (κ2) is 13.5. The number of methoxy groups -OCH3 is 1. The molecule has 11 heteroatoms. The number of hydrogen-bond donors (Lipinski definition) is 1. The third kappa shape index (κ3) is 8.07. The van der Waals surface area contributed by atoms with Crippen LogP contribution in [0, 0.1) is 11.8 Å². The molecule has 1 N–H and O–H groups in total. The summed E-state index contributed by atoms with van der Waals surface area (Å²) in [4.78, 5) is 32.4.